The summed E-state index contributed by atoms with van der Waals surface area (Å²) in [4.78, 5) is 15.7. The van der Waals surface area contributed by atoms with E-state index in [1.165, 1.54) is 6.07 Å². The fourth-order valence-corrected chi connectivity index (χ4v) is 3.49. The number of aromatic nitrogens is 1. The van der Waals surface area contributed by atoms with Crippen LogP contribution >= 0.6 is 27.5 Å². The standard InChI is InChI=1S/C21H18BrClN2O2/c1-12-8-16(4-7-19(12)22)24-11-15-9-13(2)25(14(15)3)17-5-6-18(21(26)27)20(23)10-17/h4-11H,1-3H3,(H,26,27). The number of benzene rings is 2. The molecule has 0 fully saturated rings. The number of halogens is 2. The zero-order valence-corrected chi connectivity index (χ0v) is 17.5. The zero-order chi connectivity index (χ0) is 19.7. The molecule has 0 amide bonds. The molecule has 0 saturated carbocycles. The van der Waals surface area contributed by atoms with Crippen molar-refractivity contribution in [3.05, 3.63) is 80.0 Å². The summed E-state index contributed by atoms with van der Waals surface area (Å²) in [6.07, 6.45) is 1.84. The van der Waals surface area contributed by atoms with Crippen LogP contribution in [0.5, 0.6) is 0 Å². The molecule has 2 aromatic carbocycles. The van der Waals surface area contributed by atoms with Crippen LogP contribution in [0.4, 0.5) is 5.69 Å². The average Bonchev–Trinajstić information content (AvgIpc) is 2.89. The van der Waals surface area contributed by atoms with Gasteiger partial charge in [0.15, 0.2) is 0 Å². The van der Waals surface area contributed by atoms with Crippen LogP contribution in [-0.2, 0) is 0 Å². The number of aromatic carboxylic acids is 1. The van der Waals surface area contributed by atoms with Gasteiger partial charge in [-0.25, -0.2) is 4.79 Å². The maximum atomic E-state index is 11.2. The van der Waals surface area contributed by atoms with Gasteiger partial charge in [0.05, 0.1) is 16.3 Å². The van der Waals surface area contributed by atoms with Crippen LogP contribution in [0, 0.1) is 20.8 Å². The van der Waals surface area contributed by atoms with Gasteiger partial charge in [0.1, 0.15) is 0 Å². The molecule has 27 heavy (non-hydrogen) atoms. The Bertz CT molecular complexity index is 1070. The molecule has 0 saturated heterocycles. The number of hydrogen-bond acceptors (Lipinski definition) is 2. The monoisotopic (exact) mass is 444 g/mol. The number of aryl methyl sites for hydroxylation is 2. The number of carboxylic acid groups (broad SMARTS) is 1. The molecule has 0 spiro atoms. The Balaban J connectivity index is 1.97. The molecule has 4 nitrogen and oxygen atoms in total. The summed E-state index contributed by atoms with van der Waals surface area (Å²) in [5.74, 6) is -1.04. The predicted molar refractivity (Wildman–Crippen MR) is 113 cm³/mol. The van der Waals surface area contributed by atoms with Crippen molar-refractivity contribution in [2.75, 3.05) is 0 Å². The molecule has 6 heteroatoms. The Morgan fingerprint density at radius 2 is 1.89 bits per heavy atom. The Kier molecular flexibility index (Phi) is 5.53. The fraction of sp³-hybridized carbons (Fsp3) is 0.143. The molecule has 3 rings (SSSR count). The SMILES string of the molecule is Cc1cc(N=Cc2cc(C)n(-c3ccc(C(=O)O)c(Cl)c3)c2C)ccc1Br. The first-order valence-electron chi connectivity index (χ1n) is 8.30. The molecular weight excluding hydrogens is 428 g/mol. The Hall–Kier alpha value is -2.37. The molecule has 1 heterocycles. The van der Waals surface area contributed by atoms with Crippen LogP contribution in [0.1, 0.15) is 32.9 Å². The van der Waals surface area contributed by atoms with Gasteiger partial charge in [0.2, 0.25) is 0 Å². The van der Waals surface area contributed by atoms with Crippen molar-refractivity contribution < 1.29 is 9.90 Å². The molecule has 0 bridgehead atoms. The second-order valence-electron chi connectivity index (χ2n) is 6.32. The maximum absolute atomic E-state index is 11.2. The molecular formula is C21H18BrClN2O2. The molecule has 0 unspecified atom stereocenters. The first-order chi connectivity index (χ1) is 12.8. The molecule has 0 aliphatic rings. The summed E-state index contributed by atoms with van der Waals surface area (Å²) in [7, 11) is 0. The van der Waals surface area contributed by atoms with Crippen molar-refractivity contribution in [2.24, 2.45) is 4.99 Å². The molecule has 1 aromatic heterocycles. The largest absolute Gasteiger partial charge is 0.478 e. The van der Waals surface area contributed by atoms with Crippen LogP contribution in [-0.4, -0.2) is 21.9 Å². The van der Waals surface area contributed by atoms with Gasteiger partial charge < -0.3 is 9.67 Å². The number of nitrogens with zero attached hydrogens (tertiary/aromatic N) is 2. The van der Waals surface area contributed by atoms with Crippen molar-refractivity contribution >= 4 is 45.4 Å². The van der Waals surface area contributed by atoms with E-state index in [2.05, 4.69) is 20.9 Å². The number of carboxylic acids is 1. The number of aliphatic imine (C=N–C) groups is 1. The summed E-state index contributed by atoms with van der Waals surface area (Å²) in [6, 6.07) is 13.0. The summed E-state index contributed by atoms with van der Waals surface area (Å²) >= 11 is 9.62. The van der Waals surface area contributed by atoms with E-state index < -0.39 is 5.97 Å². The van der Waals surface area contributed by atoms with Crippen LogP contribution < -0.4 is 0 Å². The highest BCUT2D eigenvalue weighted by Gasteiger charge is 2.13. The summed E-state index contributed by atoms with van der Waals surface area (Å²) in [5.41, 5.74) is 5.93. The van der Waals surface area contributed by atoms with Gasteiger partial charge in [-0.05, 0) is 68.8 Å². The van der Waals surface area contributed by atoms with Gasteiger partial charge in [-0.2, -0.15) is 0 Å². The van der Waals surface area contributed by atoms with Crippen LogP contribution in [0.2, 0.25) is 5.02 Å². The number of hydrogen-bond donors (Lipinski definition) is 1. The minimum Gasteiger partial charge on any atom is -0.478 e. The fourth-order valence-electron chi connectivity index (χ4n) is 2.99. The minimum absolute atomic E-state index is 0.0928. The van der Waals surface area contributed by atoms with Gasteiger partial charge in [0.25, 0.3) is 0 Å². The van der Waals surface area contributed by atoms with E-state index in [0.717, 1.165) is 38.4 Å². The minimum atomic E-state index is -1.04. The molecule has 0 radical (unpaired) electrons. The van der Waals surface area contributed by atoms with Gasteiger partial charge in [0, 0.05) is 33.3 Å². The predicted octanol–water partition coefficient (Wildman–Crippen LogP) is 6.27. The molecule has 138 valence electrons. The van der Waals surface area contributed by atoms with Crippen LogP contribution in [0.15, 0.2) is 51.9 Å². The smallest absolute Gasteiger partial charge is 0.337 e. The quantitative estimate of drug-likeness (QED) is 0.481. The summed E-state index contributed by atoms with van der Waals surface area (Å²) in [5, 5.41) is 9.36. The van der Waals surface area contributed by atoms with E-state index in [1.54, 1.807) is 12.1 Å². The lowest BCUT2D eigenvalue weighted by Gasteiger charge is -2.11. The Morgan fingerprint density at radius 3 is 2.52 bits per heavy atom. The van der Waals surface area contributed by atoms with E-state index in [0.29, 0.717) is 0 Å². The lowest BCUT2D eigenvalue weighted by Crippen LogP contribution is -2.02. The van der Waals surface area contributed by atoms with Crippen molar-refractivity contribution in [1.82, 2.24) is 4.57 Å². The van der Waals surface area contributed by atoms with Crippen molar-refractivity contribution in [2.45, 2.75) is 20.8 Å². The van der Waals surface area contributed by atoms with Crippen LogP contribution in [0.25, 0.3) is 5.69 Å². The van der Waals surface area contributed by atoms with E-state index in [4.69, 9.17) is 16.7 Å². The average molecular weight is 446 g/mol. The van der Waals surface area contributed by atoms with Gasteiger partial charge in [-0.1, -0.05) is 27.5 Å². The highest BCUT2D eigenvalue weighted by atomic mass is 79.9. The Labute approximate surface area is 171 Å². The lowest BCUT2D eigenvalue weighted by molar-refractivity contribution is 0.0697. The molecule has 0 atom stereocenters. The third-order valence-electron chi connectivity index (χ3n) is 4.41. The molecule has 0 aliphatic heterocycles. The van der Waals surface area contributed by atoms with Crippen molar-refractivity contribution in [1.29, 1.82) is 0 Å². The topological polar surface area (TPSA) is 54.6 Å². The summed E-state index contributed by atoms with van der Waals surface area (Å²) < 4.78 is 3.09. The second-order valence-corrected chi connectivity index (χ2v) is 7.58. The van der Waals surface area contributed by atoms with Crippen molar-refractivity contribution in [3.63, 3.8) is 0 Å². The van der Waals surface area contributed by atoms with Crippen LogP contribution in [0.3, 0.4) is 0 Å². The molecule has 1 N–H and O–H groups in total. The highest BCUT2D eigenvalue weighted by molar-refractivity contribution is 9.10. The third-order valence-corrected chi connectivity index (χ3v) is 5.61. The second kappa shape index (κ2) is 7.71. The van der Waals surface area contributed by atoms with Gasteiger partial charge in [-0.15, -0.1) is 0 Å². The van der Waals surface area contributed by atoms with Gasteiger partial charge >= 0.3 is 5.97 Å². The van der Waals surface area contributed by atoms with Gasteiger partial charge in [-0.3, -0.25) is 4.99 Å². The van der Waals surface area contributed by atoms with E-state index in [-0.39, 0.29) is 10.6 Å². The molecule has 0 aliphatic carbocycles. The maximum Gasteiger partial charge on any atom is 0.337 e. The van der Waals surface area contributed by atoms with E-state index in [9.17, 15) is 4.79 Å². The van der Waals surface area contributed by atoms with E-state index >= 15 is 0 Å². The molecule has 3 aromatic rings. The number of carbonyl (C=O) groups is 1. The van der Waals surface area contributed by atoms with Crippen molar-refractivity contribution in [3.8, 4) is 5.69 Å². The van der Waals surface area contributed by atoms with E-state index in [1.807, 2.05) is 55.8 Å². The zero-order valence-electron chi connectivity index (χ0n) is 15.1. The first-order valence-corrected chi connectivity index (χ1v) is 9.47. The lowest BCUT2D eigenvalue weighted by atomic mass is 10.2. The normalized spacial score (nSPS) is 11.3. The Morgan fingerprint density at radius 1 is 1.15 bits per heavy atom. The highest BCUT2D eigenvalue weighted by Crippen LogP contribution is 2.26. The third kappa shape index (κ3) is 3.99. The number of rotatable bonds is 4. The first kappa shape index (κ1) is 19.4. The summed E-state index contributed by atoms with van der Waals surface area (Å²) in [6.45, 7) is 6.02.